The van der Waals surface area contributed by atoms with E-state index in [0.717, 1.165) is 32.0 Å². The van der Waals surface area contributed by atoms with E-state index in [1.165, 1.54) is 0 Å². The van der Waals surface area contributed by atoms with Crippen molar-refractivity contribution in [2.75, 3.05) is 42.4 Å². The minimum absolute atomic E-state index is 0.247. The van der Waals surface area contributed by atoms with E-state index in [9.17, 15) is 9.59 Å². The second-order valence-electron chi connectivity index (χ2n) is 4.28. The molecule has 1 aromatic carbocycles. The minimum Gasteiger partial charge on any atom is -0.378 e. The van der Waals surface area contributed by atoms with Crippen LogP contribution in [0.5, 0.6) is 0 Å². The summed E-state index contributed by atoms with van der Waals surface area (Å²) in [6.07, 6.45) is 0. The van der Waals surface area contributed by atoms with Crippen LogP contribution in [-0.2, 0) is 9.53 Å². The average molecular weight is 298 g/mol. The molecule has 0 radical (unpaired) electrons. The number of anilines is 2. The normalized spacial score (nSPS) is 14.8. The molecule has 1 aliphatic rings. The summed E-state index contributed by atoms with van der Waals surface area (Å²) in [6, 6.07) is 6.83. The topological polar surface area (TPSA) is 70.7 Å². The van der Waals surface area contributed by atoms with Gasteiger partial charge in [-0.25, -0.2) is 4.79 Å². The summed E-state index contributed by atoms with van der Waals surface area (Å²) in [4.78, 5) is 24.6. The van der Waals surface area contributed by atoms with Crippen LogP contribution in [0.3, 0.4) is 0 Å². The zero-order chi connectivity index (χ0) is 14.4. The molecule has 0 aliphatic carbocycles. The third-order valence-electron chi connectivity index (χ3n) is 2.88. The van der Waals surface area contributed by atoms with Crippen molar-refractivity contribution in [1.82, 2.24) is 5.32 Å². The van der Waals surface area contributed by atoms with Crippen LogP contribution in [0.25, 0.3) is 0 Å². The Bertz CT molecular complexity index is 472. The first kappa shape index (κ1) is 14.6. The number of hydrogen-bond donors (Lipinski definition) is 2. The molecule has 108 valence electrons. The molecule has 1 aliphatic heterocycles. The molecule has 1 fully saturated rings. The van der Waals surface area contributed by atoms with E-state index >= 15 is 0 Å². The number of morpholine rings is 1. The molecule has 0 unspecified atom stereocenters. The van der Waals surface area contributed by atoms with Crippen molar-refractivity contribution in [3.63, 3.8) is 0 Å². The average Bonchev–Trinajstić information content (AvgIpc) is 2.48. The summed E-state index contributed by atoms with van der Waals surface area (Å²) in [7, 11) is 0. The molecule has 1 aromatic rings. The number of amides is 3. The Hall–Kier alpha value is -1.79. The van der Waals surface area contributed by atoms with Gasteiger partial charge in [-0.3, -0.25) is 10.1 Å². The maximum Gasteiger partial charge on any atom is 0.325 e. The fourth-order valence-corrected chi connectivity index (χ4v) is 1.97. The van der Waals surface area contributed by atoms with Crippen LogP contribution in [0.1, 0.15) is 0 Å². The van der Waals surface area contributed by atoms with E-state index in [4.69, 9.17) is 16.3 Å². The number of hydrogen-bond acceptors (Lipinski definition) is 4. The van der Waals surface area contributed by atoms with E-state index in [1.54, 1.807) is 12.1 Å². The standard InChI is InChI=1S/C13H16ClN3O3/c14-9-12(18)16-13(19)15-10-1-3-11(4-2-10)17-5-7-20-8-6-17/h1-4H,5-9H2,(H2,15,16,18,19). The molecule has 3 amide bonds. The van der Waals surface area contributed by atoms with Crippen LogP contribution in [0.15, 0.2) is 24.3 Å². The number of carbonyl (C=O) groups is 2. The molecule has 0 bridgehead atoms. The van der Waals surface area contributed by atoms with E-state index in [1.807, 2.05) is 12.1 Å². The molecule has 20 heavy (non-hydrogen) atoms. The number of imide groups is 1. The number of ether oxygens (including phenoxy) is 1. The van der Waals surface area contributed by atoms with Crippen molar-refractivity contribution in [3.05, 3.63) is 24.3 Å². The molecular weight excluding hydrogens is 282 g/mol. The number of halogens is 1. The van der Waals surface area contributed by atoms with Gasteiger partial charge in [-0.15, -0.1) is 11.6 Å². The fourth-order valence-electron chi connectivity index (χ4n) is 1.90. The van der Waals surface area contributed by atoms with Gasteiger partial charge in [0.05, 0.1) is 13.2 Å². The lowest BCUT2D eigenvalue weighted by Crippen LogP contribution is -2.36. The molecule has 0 aromatic heterocycles. The summed E-state index contributed by atoms with van der Waals surface area (Å²) in [5.74, 6) is -0.780. The number of carbonyl (C=O) groups excluding carboxylic acids is 2. The molecule has 7 heteroatoms. The van der Waals surface area contributed by atoms with Crippen LogP contribution in [0.2, 0.25) is 0 Å². The van der Waals surface area contributed by atoms with Gasteiger partial charge in [0.2, 0.25) is 5.91 Å². The second-order valence-corrected chi connectivity index (χ2v) is 4.55. The highest BCUT2D eigenvalue weighted by atomic mass is 35.5. The summed E-state index contributed by atoms with van der Waals surface area (Å²) in [5.41, 5.74) is 1.69. The minimum atomic E-state index is -0.588. The smallest absolute Gasteiger partial charge is 0.325 e. The highest BCUT2D eigenvalue weighted by Gasteiger charge is 2.11. The monoisotopic (exact) mass is 297 g/mol. The summed E-state index contributed by atoms with van der Waals surface area (Å²) in [5, 5.41) is 4.67. The Kier molecular flexibility index (Phi) is 5.20. The quantitative estimate of drug-likeness (QED) is 0.828. The Labute approximate surface area is 122 Å². The number of nitrogens with one attached hydrogen (secondary N) is 2. The predicted molar refractivity (Wildman–Crippen MR) is 77.4 cm³/mol. The fraction of sp³-hybridized carbons (Fsp3) is 0.385. The third kappa shape index (κ3) is 4.11. The Morgan fingerprint density at radius 1 is 1.20 bits per heavy atom. The predicted octanol–water partition coefficient (Wildman–Crippen LogP) is 1.41. The van der Waals surface area contributed by atoms with E-state index in [-0.39, 0.29) is 5.88 Å². The molecule has 2 N–H and O–H groups in total. The van der Waals surface area contributed by atoms with Crippen molar-refractivity contribution in [1.29, 1.82) is 0 Å². The largest absolute Gasteiger partial charge is 0.378 e. The first-order valence-electron chi connectivity index (χ1n) is 6.28. The van der Waals surface area contributed by atoms with Crippen molar-refractivity contribution in [2.24, 2.45) is 0 Å². The van der Waals surface area contributed by atoms with Gasteiger partial charge in [-0.2, -0.15) is 0 Å². The van der Waals surface area contributed by atoms with Gasteiger partial charge in [0, 0.05) is 24.5 Å². The first-order valence-corrected chi connectivity index (χ1v) is 6.82. The van der Waals surface area contributed by atoms with Crippen LogP contribution in [0.4, 0.5) is 16.2 Å². The lowest BCUT2D eigenvalue weighted by molar-refractivity contribution is -0.117. The van der Waals surface area contributed by atoms with Gasteiger partial charge >= 0.3 is 6.03 Å². The second kappa shape index (κ2) is 7.12. The van der Waals surface area contributed by atoms with Gasteiger partial charge in [0.15, 0.2) is 0 Å². The Morgan fingerprint density at radius 3 is 2.45 bits per heavy atom. The van der Waals surface area contributed by atoms with Crippen LogP contribution in [-0.4, -0.2) is 44.1 Å². The van der Waals surface area contributed by atoms with Crippen molar-refractivity contribution >= 4 is 34.9 Å². The molecule has 0 spiro atoms. The number of benzene rings is 1. The van der Waals surface area contributed by atoms with Gasteiger partial charge in [0.1, 0.15) is 5.88 Å². The van der Waals surface area contributed by atoms with Crippen LogP contribution >= 0.6 is 11.6 Å². The lowest BCUT2D eigenvalue weighted by Gasteiger charge is -2.28. The van der Waals surface area contributed by atoms with Gasteiger partial charge in [-0.05, 0) is 24.3 Å². The van der Waals surface area contributed by atoms with Crippen LogP contribution in [0, 0.1) is 0 Å². The molecular formula is C13H16ClN3O3. The lowest BCUT2D eigenvalue weighted by atomic mass is 10.2. The van der Waals surface area contributed by atoms with Crippen molar-refractivity contribution in [2.45, 2.75) is 0 Å². The summed E-state index contributed by atoms with van der Waals surface area (Å²) in [6.45, 7) is 3.17. The number of rotatable bonds is 3. The number of nitrogens with zero attached hydrogens (tertiary/aromatic N) is 1. The molecule has 1 heterocycles. The summed E-state index contributed by atoms with van der Waals surface area (Å²) >= 11 is 5.30. The number of alkyl halides is 1. The zero-order valence-electron chi connectivity index (χ0n) is 10.9. The van der Waals surface area contributed by atoms with E-state index in [2.05, 4.69) is 15.5 Å². The zero-order valence-corrected chi connectivity index (χ0v) is 11.7. The van der Waals surface area contributed by atoms with E-state index in [0.29, 0.717) is 5.69 Å². The van der Waals surface area contributed by atoms with Gasteiger partial charge in [0.25, 0.3) is 0 Å². The van der Waals surface area contributed by atoms with Crippen LogP contribution < -0.4 is 15.5 Å². The molecule has 6 nitrogen and oxygen atoms in total. The molecule has 2 rings (SSSR count). The maximum atomic E-state index is 11.4. The highest BCUT2D eigenvalue weighted by molar-refractivity contribution is 6.28. The SMILES string of the molecule is O=C(CCl)NC(=O)Nc1ccc(N2CCOCC2)cc1. The van der Waals surface area contributed by atoms with Gasteiger partial charge < -0.3 is 15.0 Å². The summed E-state index contributed by atoms with van der Waals surface area (Å²) < 4.78 is 5.30. The molecule has 0 saturated carbocycles. The first-order chi connectivity index (χ1) is 9.69. The number of urea groups is 1. The van der Waals surface area contributed by atoms with E-state index < -0.39 is 11.9 Å². The molecule has 1 saturated heterocycles. The van der Waals surface area contributed by atoms with Crippen molar-refractivity contribution in [3.8, 4) is 0 Å². The van der Waals surface area contributed by atoms with Gasteiger partial charge in [-0.1, -0.05) is 0 Å². The Morgan fingerprint density at radius 2 is 1.85 bits per heavy atom. The Balaban J connectivity index is 1.90. The molecule has 0 atom stereocenters. The maximum absolute atomic E-state index is 11.4. The highest BCUT2D eigenvalue weighted by Crippen LogP contribution is 2.18. The van der Waals surface area contributed by atoms with Crippen molar-refractivity contribution < 1.29 is 14.3 Å². The third-order valence-corrected chi connectivity index (χ3v) is 3.12.